The Morgan fingerprint density at radius 1 is 0.655 bits per heavy atom. The molecular weight excluding hydrogens is 378 g/mol. The molecule has 8 nitrogen and oxygen atoms in total. The number of hydrogen-bond acceptors (Lipinski definition) is 7. The van der Waals surface area contributed by atoms with Crippen molar-refractivity contribution in [1.82, 2.24) is 5.32 Å². The predicted octanol–water partition coefficient (Wildman–Crippen LogP) is 1.99. The number of Topliss-reactive ketones (excluding diaryl/α,β-unsaturated/α-hetero) is 1. The monoisotopic (exact) mass is 419 g/mol. The van der Waals surface area contributed by atoms with Gasteiger partial charge in [0.05, 0.1) is 59.5 Å². The fourth-order valence-electron chi connectivity index (χ4n) is 2.06. The van der Waals surface area contributed by atoms with Crippen molar-refractivity contribution in [2.24, 2.45) is 5.41 Å². The number of amides is 1. The summed E-state index contributed by atoms with van der Waals surface area (Å²) in [6.07, 6.45) is 1.77. The molecule has 1 amide bonds. The van der Waals surface area contributed by atoms with Gasteiger partial charge in [-0.05, 0) is 6.42 Å². The first-order chi connectivity index (χ1) is 13.9. The van der Waals surface area contributed by atoms with Crippen LogP contribution in [-0.2, 0) is 33.3 Å². The summed E-state index contributed by atoms with van der Waals surface area (Å²) in [6.45, 7) is 13.2. The highest BCUT2D eigenvalue weighted by Crippen LogP contribution is 2.16. The average Bonchev–Trinajstić information content (AvgIpc) is 2.67. The molecule has 0 aliphatic heterocycles. The summed E-state index contributed by atoms with van der Waals surface area (Å²) in [6, 6.07) is 0. The van der Waals surface area contributed by atoms with Crippen LogP contribution >= 0.6 is 0 Å². The lowest BCUT2D eigenvalue weighted by molar-refractivity contribution is -0.127. The molecule has 0 aromatic rings. The van der Waals surface area contributed by atoms with Crippen molar-refractivity contribution in [1.29, 1.82) is 0 Å². The molecule has 0 spiro atoms. The van der Waals surface area contributed by atoms with Crippen LogP contribution in [0.15, 0.2) is 0 Å². The van der Waals surface area contributed by atoms with Crippen LogP contribution in [0.3, 0.4) is 0 Å². The molecular formula is C21H41NO7. The fourth-order valence-corrected chi connectivity index (χ4v) is 2.06. The van der Waals surface area contributed by atoms with Crippen LogP contribution in [0.5, 0.6) is 0 Å². The highest BCUT2D eigenvalue weighted by atomic mass is 16.6. The van der Waals surface area contributed by atoms with Crippen LogP contribution in [0.1, 0.15) is 47.0 Å². The summed E-state index contributed by atoms with van der Waals surface area (Å²) in [5.41, 5.74) is -0.307. The zero-order valence-electron chi connectivity index (χ0n) is 18.8. The first kappa shape index (κ1) is 27.9. The molecule has 0 saturated carbocycles. The molecule has 29 heavy (non-hydrogen) atoms. The Morgan fingerprint density at radius 3 is 1.62 bits per heavy atom. The van der Waals surface area contributed by atoms with Gasteiger partial charge in [0.2, 0.25) is 5.91 Å². The van der Waals surface area contributed by atoms with Crippen LogP contribution in [0.4, 0.5) is 0 Å². The van der Waals surface area contributed by atoms with E-state index in [1.807, 2.05) is 27.7 Å². The third-order valence-electron chi connectivity index (χ3n) is 3.82. The van der Waals surface area contributed by atoms with Crippen molar-refractivity contribution >= 4 is 11.7 Å². The Balaban J connectivity index is 3.21. The van der Waals surface area contributed by atoms with Gasteiger partial charge in [0.25, 0.3) is 0 Å². The third kappa shape index (κ3) is 20.0. The lowest BCUT2D eigenvalue weighted by Crippen LogP contribution is -2.28. The second-order valence-electron chi connectivity index (χ2n) is 7.58. The number of hydrogen-bond donors (Lipinski definition) is 1. The van der Waals surface area contributed by atoms with Crippen LogP contribution in [0.25, 0.3) is 0 Å². The van der Waals surface area contributed by atoms with E-state index in [1.165, 1.54) is 0 Å². The van der Waals surface area contributed by atoms with Gasteiger partial charge >= 0.3 is 0 Å². The van der Waals surface area contributed by atoms with E-state index in [0.29, 0.717) is 85.5 Å². The molecule has 0 fully saturated rings. The Hall–Kier alpha value is -1.06. The standard InChI is InChI=1S/C21H41NO7/c1-5-9-25-11-7-20(24)22-8-12-27-14-16-29-18-17-28-15-13-26-10-6-19(23)21(2,3)4/h5-18H2,1-4H3,(H,22,24). The molecule has 0 aliphatic rings. The number of nitrogens with one attached hydrogen (secondary N) is 1. The molecule has 0 aromatic carbocycles. The predicted molar refractivity (Wildman–Crippen MR) is 111 cm³/mol. The number of carbonyl (C=O) groups excluding carboxylic acids is 2. The molecule has 172 valence electrons. The highest BCUT2D eigenvalue weighted by molar-refractivity contribution is 5.83. The maximum Gasteiger partial charge on any atom is 0.222 e. The SMILES string of the molecule is CCCOCCC(=O)NCCOCCOCCOCCOCCC(=O)C(C)(C)C. The minimum Gasteiger partial charge on any atom is -0.381 e. The summed E-state index contributed by atoms with van der Waals surface area (Å²) in [5, 5.41) is 2.78. The van der Waals surface area contributed by atoms with E-state index in [0.717, 1.165) is 6.42 Å². The largest absolute Gasteiger partial charge is 0.381 e. The Morgan fingerprint density at radius 2 is 1.10 bits per heavy atom. The Kier molecular flexibility index (Phi) is 18.2. The zero-order valence-corrected chi connectivity index (χ0v) is 18.8. The number of ketones is 1. The Labute approximate surface area is 175 Å². The van der Waals surface area contributed by atoms with E-state index in [1.54, 1.807) is 0 Å². The van der Waals surface area contributed by atoms with E-state index in [4.69, 9.17) is 23.7 Å². The molecule has 8 heteroatoms. The normalized spacial score (nSPS) is 11.6. The minimum absolute atomic E-state index is 0.0251. The third-order valence-corrected chi connectivity index (χ3v) is 3.82. The maximum absolute atomic E-state index is 11.7. The van der Waals surface area contributed by atoms with E-state index in [2.05, 4.69) is 5.32 Å². The van der Waals surface area contributed by atoms with Crippen LogP contribution in [0, 0.1) is 5.41 Å². The van der Waals surface area contributed by atoms with Gasteiger partial charge in [-0.15, -0.1) is 0 Å². The minimum atomic E-state index is -0.307. The van der Waals surface area contributed by atoms with Gasteiger partial charge in [-0.2, -0.15) is 0 Å². The summed E-state index contributed by atoms with van der Waals surface area (Å²) < 4.78 is 26.8. The smallest absolute Gasteiger partial charge is 0.222 e. The van der Waals surface area contributed by atoms with Gasteiger partial charge in [-0.25, -0.2) is 0 Å². The molecule has 0 heterocycles. The van der Waals surface area contributed by atoms with Crippen molar-refractivity contribution in [2.75, 3.05) is 72.6 Å². The molecule has 0 atom stereocenters. The lowest BCUT2D eigenvalue weighted by atomic mass is 9.89. The van der Waals surface area contributed by atoms with Crippen LogP contribution < -0.4 is 5.32 Å². The van der Waals surface area contributed by atoms with Gasteiger partial charge in [0.1, 0.15) is 5.78 Å². The van der Waals surface area contributed by atoms with Gasteiger partial charge in [0, 0.05) is 31.4 Å². The summed E-state index contributed by atoms with van der Waals surface area (Å²) >= 11 is 0. The van der Waals surface area contributed by atoms with Crippen molar-refractivity contribution in [3.8, 4) is 0 Å². The lowest BCUT2D eigenvalue weighted by Gasteiger charge is -2.16. The summed E-state index contributed by atoms with van der Waals surface area (Å²) in [7, 11) is 0. The van der Waals surface area contributed by atoms with Gasteiger partial charge in [0.15, 0.2) is 0 Å². The van der Waals surface area contributed by atoms with Crippen molar-refractivity contribution in [2.45, 2.75) is 47.0 Å². The van der Waals surface area contributed by atoms with Gasteiger partial charge in [-0.1, -0.05) is 27.7 Å². The number of ether oxygens (including phenoxy) is 5. The van der Waals surface area contributed by atoms with Crippen molar-refractivity contribution in [3.05, 3.63) is 0 Å². The zero-order chi connectivity index (χ0) is 21.8. The molecule has 0 radical (unpaired) electrons. The van der Waals surface area contributed by atoms with Crippen molar-refractivity contribution in [3.63, 3.8) is 0 Å². The van der Waals surface area contributed by atoms with E-state index in [9.17, 15) is 9.59 Å². The molecule has 0 aliphatic carbocycles. The van der Waals surface area contributed by atoms with Crippen LogP contribution in [-0.4, -0.2) is 84.3 Å². The van der Waals surface area contributed by atoms with Crippen molar-refractivity contribution < 1.29 is 33.3 Å². The second-order valence-corrected chi connectivity index (χ2v) is 7.58. The Bertz CT molecular complexity index is 410. The molecule has 0 aromatic heterocycles. The summed E-state index contributed by atoms with van der Waals surface area (Å²) in [4.78, 5) is 23.2. The summed E-state index contributed by atoms with van der Waals surface area (Å²) in [5.74, 6) is 0.177. The first-order valence-electron chi connectivity index (χ1n) is 10.6. The highest BCUT2D eigenvalue weighted by Gasteiger charge is 2.20. The molecule has 0 saturated heterocycles. The first-order valence-corrected chi connectivity index (χ1v) is 10.6. The molecule has 0 bridgehead atoms. The van der Waals surface area contributed by atoms with Crippen LogP contribution in [0.2, 0.25) is 0 Å². The number of rotatable bonds is 20. The van der Waals surface area contributed by atoms with E-state index < -0.39 is 0 Å². The van der Waals surface area contributed by atoms with Gasteiger partial charge in [-0.3, -0.25) is 9.59 Å². The maximum atomic E-state index is 11.7. The number of carbonyl (C=O) groups is 2. The second kappa shape index (κ2) is 18.9. The molecule has 0 unspecified atom stereocenters. The average molecular weight is 420 g/mol. The van der Waals surface area contributed by atoms with E-state index in [-0.39, 0.29) is 17.1 Å². The topological polar surface area (TPSA) is 92.3 Å². The fraction of sp³-hybridized carbons (Fsp3) is 0.905. The molecule has 1 N–H and O–H groups in total. The quantitative estimate of drug-likeness (QED) is 0.302. The van der Waals surface area contributed by atoms with E-state index >= 15 is 0 Å². The molecule has 0 rings (SSSR count). The van der Waals surface area contributed by atoms with Gasteiger partial charge < -0.3 is 29.0 Å².